The summed E-state index contributed by atoms with van der Waals surface area (Å²) in [6.07, 6.45) is -4.51. The summed E-state index contributed by atoms with van der Waals surface area (Å²) in [5, 5.41) is 8.85. The topological polar surface area (TPSA) is 49.8 Å². The molecule has 0 aliphatic heterocycles. The number of carbonyl (C=O) groups is 1. The van der Waals surface area contributed by atoms with E-state index in [1.807, 2.05) is 30.3 Å². The van der Waals surface area contributed by atoms with Gasteiger partial charge in [-0.2, -0.15) is 13.2 Å². The molecule has 0 amide bonds. The van der Waals surface area contributed by atoms with Crippen molar-refractivity contribution in [1.29, 1.82) is 0 Å². The lowest BCUT2D eigenvalue weighted by molar-refractivity contribution is -0.138. The van der Waals surface area contributed by atoms with Crippen molar-refractivity contribution in [2.45, 2.75) is 25.6 Å². The van der Waals surface area contributed by atoms with Gasteiger partial charge in [-0.25, -0.2) is 0 Å². The molecule has 1 unspecified atom stereocenters. The van der Waals surface area contributed by atoms with Crippen LogP contribution in [0.2, 0.25) is 0 Å². The molecule has 0 heterocycles. The fourth-order valence-corrected chi connectivity index (χ4v) is 2.75. The predicted octanol–water partition coefficient (Wildman–Crippen LogP) is 4.54. The monoisotopic (exact) mass is 381 g/mol. The third-order valence-corrected chi connectivity index (χ3v) is 4.14. The SMILES string of the molecule is Cc1ccc(OC(CCN(C)CC(=O)O)c2ccccc2)cc1C(F)(F)F. The van der Waals surface area contributed by atoms with Gasteiger partial charge >= 0.3 is 12.1 Å². The predicted molar refractivity (Wildman–Crippen MR) is 95.7 cm³/mol. The Balaban J connectivity index is 2.21. The quantitative estimate of drug-likeness (QED) is 0.729. The molecule has 2 aromatic carbocycles. The molecule has 2 rings (SSSR count). The zero-order valence-corrected chi connectivity index (χ0v) is 15.2. The van der Waals surface area contributed by atoms with Gasteiger partial charge in [-0.1, -0.05) is 36.4 Å². The third-order valence-electron chi connectivity index (χ3n) is 4.14. The van der Waals surface area contributed by atoms with Crippen LogP contribution in [0.25, 0.3) is 0 Å². The van der Waals surface area contributed by atoms with Crippen molar-refractivity contribution in [3.63, 3.8) is 0 Å². The zero-order valence-electron chi connectivity index (χ0n) is 15.2. The van der Waals surface area contributed by atoms with Crippen molar-refractivity contribution in [2.24, 2.45) is 0 Å². The van der Waals surface area contributed by atoms with Crippen LogP contribution in [-0.2, 0) is 11.0 Å². The van der Waals surface area contributed by atoms with Gasteiger partial charge in [-0.15, -0.1) is 0 Å². The number of nitrogens with zero attached hydrogens (tertiary/aromatic N) is 1. The second kappa shape index (κ2) is 8.90. The standard InChI is InChI=1S/C20H22F3NO3/c1-14-8-9-16(12-17(14)20(21,22)23)27-18(15-6-4-3-5-7-15)10-11-24(2)13-19(25)26/h3-9,12,18H,10-11,13H2,1-2H3,(H,25,26). The average Bonchev–Trinajstić information content (AvgIpc) is 2.59. The van der Waals surface area contributed by atoms with Gasteiger partial charge in [-0.05, 0) is 37.2 Å². The Morgan fingerprint density at radius 2 is 1.85 bits per heavy atom. The molecule has 0 aliphatic carbocycles. The molecule has 2 aromatic rings. The fraction of sp³-hybridized carbons (Fsp3) is 0.350. The summed E-state index contributed by atoms with van der Waals surface area (Å²) in [4.78, 5) is 12.4. The molecule has 7 heteroatoms. The number of rotatable bonds is 8. The minimum absolute atomic E-state index is 0.121. The second-order valence-corrected chi connectivity index (χ2v) is 6.41. The third kappa shape index (κ3) is 6.29. The van der Waals surface area contributed by atoms with Gasteiger partial charge in [0.2, 0.25) is 0 Å². The Bertz CT molecular complexity index is 763. The van der Waals surface area contributed by atoms with Crippen LogP contribution in [0.1, 0.15) is 29.2 Å². The maximum atomic E-state index is 13.1. The summed E-state index contributed by atoms with van der Waals surface area (Å²) in [6, 6.07) is 13.1. The van der Waals surface area contributed by atoms with Crippen LogP contribution >= 0.6 is 0 Å². The Morgan fingerprint density at radius 3 is 2.44 bits per heavy atom. The van der Waals surface area contributed by atoms with Gasteiger partial charge in [-0.3, -0.25) is 9.69 Å². The first-order valence-electron chi connectivity index (χ1n) is 8.46. The first-order chi connectivity index (χ1) is 12.7. The van der Waals surface area contributed by atoms with Gasteiger partial charge in [0.15, 0.2) is 0 Å². The number of hydrogen-bond donors (Lipinski definition) is 1. The van der Waals surface area contributed by atoms with E-state index in [1.54, 1.807) is 11.9 Å². The largest absolute Gasteiger partial charge is 0.486 e. The average molecular weight is 381 g/mol. The van der Waals surface area contributed by atoms with Crippen LogP contribution in [0.3, 0.4) is 0 Å². The number of alkyl halides is 3. The van der Waals surface area contributed by atoms with Crippen LogP contribution in [0.5, 0.6) is 5.75 Å². The van der Waals surface area contributed by atoms with Crippen molar-refractivity contribution in [3.05, 3.63) is 65.2 Å². The van der Waals surface area contributed by atoms with Gasteiger partial charge < -0.3 is 9.84 Å². The molecule has 0 saturated heterocycles. The molecule has 0 spiro atoms. The second-order valence-electron chi connectivity index (χ2n) is 6.41. The number of benzene rings is 2. The molecule has 1 atom stereocenters. The van der Waals surface area contributed by atoms with Crippen LogP contribution in [0, 0.1) is 6.92 Å². The van der Waals surface area contributed by atoms with Gasteiger partial charge in [0.25, 0.3) is 0 Å². The molecular formula is C20H22F3NO3. The minimum atomic E-state index is -4.45. The number of halogens is 3. The van der Waals surface area contributed by atoms with Crippen molar-refractivity contribution in [3.8, 4) is 5.75 Å². The first kappa shape index (κ1) is 20.8. The number of hydrogen-bond acceptors (Lipinski definition) is 3. The Hall–Kier alpha value is -2.54. The fourth-order valence-electron chi connectivity index (χ4n) is 2.75. The van der Waals surface area contributed by atoms with E-state index in [0.29, 0.717) is 13.0 Å². The highest BCUT2D eigenvalue weighted by Crippen LogP contribution is 2.35. The number of carboxylic acid groups (broad SMARTS) is 1. The van der Waals surface area contributed by atoms with E-state index in [2.05, 4.69) is 0 Å². The zero-order chi connectivity index (χ0) is 20.0. The van der Waals surface area contributed by atoms with E-state index in [9.17, 15) is 18.0 Å². The van der Waals surface area contributed by atoms with Crippen molar-refractivity contribution < 1.29 is 27.8 Å². The van der Waals surface area contributed by atoms with E-state index in [4.69, 9.17) is 9.84 Å². The van der Waals surface area contributed by atoms with Crippen LogP contribution < -0.4 is 4.74 Å². The molecule has 0 aliphatic rings. The highest BCUT2D eigenvalue weighted by molar-refractivity contribution is 5.68. The summed E-state index contributed by atoms with van der Waals surface area (Å²) < 4.78 is 45.3. The molecule has 4 nitrogen and oxygen atoms in total. The number of aryl methyl sites for hydroxylation is 1. The maximum absolute atomic E-state index is 13.1. The van der Waals surface area contributed by atoms with Crippen LogP contribution in [-0.4, -0.2) is 36.1 Å². The first-order valence-corrected chi connectivity index (χ1v) is 8.46. The highest BCUT2D eigenvalue weighted by Gasteiger charge is 2.33. The van der Waals surface area contributed by atoms with E-state index >= 15 is 0 Å². The van der Waals surface area contributed by atoms with E-state index in [1.165, 1.54) is 19.1 Å². The van der Waals surface area contributed by atoms with E-state index in [-0.39, 0.29) is 17.9 Å². The van der Waals surface area contributed by atoms with Crippen LogP contribution in [0.15, 0.2) is 48.5 Å². The number of aliphatic carboxylic acids is 1. The lowest BCUT2D eigenvalue weighted by atomic mass is 10.1. The van der Waals surface area contributed by atoms with Crippen molar-refractivity contribution >= 4 is 5.97 Å². The van der Waals surface area contributed by atoms with E-state index < -0.39 is 23.8 Å². The van der Waals surface area contributed by atoms with E-state index in [0.717, 1.165) is 11.6 Å². The van der Waals surface area contributed by atoms with Gasteiger partial charge in [0.05, 0.1) is 12.1 Å². The summed E-state index contributed by atoms with van der Waals surface area (Å²) in [7, 11) is 1.67. The molecule has 0 fully saturated rings. The molecule has 1 N–H and O–H groups in total. The van der Waals surface area contributed by atoms with Gasteiger partial charge in [0, 0.05) is 13.0 Å². The summed E-state index contributed by atoms with van der Waals surface area (Å²) in [5.41, 5.74) is 0.220. The molecule has 0 aromatic heterocycles. The van der Waals surface area contributed by atoms with Gasteiger partial charge in [0.1, 0.15) is 11.9 Å². The number of likely N-dealkylation sites (N-methyl/N-ethyl adjacent to an activating group) is 1. The Labute approximate surface area is 156 Å². The molecular weight excluding hydrogens is 359 g/mol. The maximum Gasteiger partial charge on any atom is 0.416 e. The lowest BCUT2D eigenvalue weighted by Gasteiger charge is -2.23. The molecule has 27 heavy (non-hydrogen) atoms. The molecule has 0 saturated carbocycles. The molecule has 146 valence electrons. The summed E-state index contributed by atoms with van der Waals surface area (Å²) in [6.45, 7) is 1.70. The smallest absolute Gasteiger partial charge is 0.416 e. The normalized spacial score (nSPS) is 12.8. The minimum Gasteiger partial charge on any atom is -0.486 e. The number of ether oxygens (including phenoxy) is 1. The molecule has 0 bridgehead atoms. The van der Waals surface area contributed by atoms with Crippen molar-refractivity contribution in [2.75, 3.05) is 20.1 Å². The lowest BCUT2D eigenvalue weighted by Crippen LogP contribution is -2.28. The number of carboxylic acids is 1. The Kier molecular flexibility index (Phi) is 6.85. The Morgan fingerprint density at radius 1 is 1.19 bits per heavy atom. The summed E-state index contributed by atoms with van der Waals surface area (Å²) in [5.74, 6) is -0.814. The van der Waals surface area contributed by atoms with Crippen LogP contribution in [0.4, 0.5) is 13.2 Å². The highest BCUT2D eigenvalue weighted by atomic mass is 19.4. The molecule has 0 radical (unpaired) electrons. The van der Waals surface area contributed by atoms with Crippen molar-refractivity contribution in [1.82, 2.24) is 4.90 Å². The summed E-state index contributed by atoms with van der Waals surface area (Å²) >= 11 is 0.